The number of hydrogen-bond acceptors (Lipinski definition) is 3. The van der Waals surface area contributed by atoms with E-state index in [9.17, 15) is 13.2 Å². The molecule has 1 heterocycles. The number of benzene rings is 1. The summed E-state index contributed by atoms with van der Waals surface area (Å²) in [6.45, 7) is 3.19. The van der Waals surface area contributed by atoms with Gasteiger partial charge in [0.2, 0.25) is 0 Å². The normalized spacial score (nSPS) is 11.7. The van der Waals surface area contributed by atoms with Crippen LogP contribution in [0.4, 0.5) is 18.9 Å². The Hall–Kier alpha value is -2.02. The highest BCUT2D eigenvalue weighted by molar-refractivity contribution is 5.49. The van der Waals surface area contributed by atoms with Crippen molar-refractivity contribution in [1.82, 2.24) is 9.78 Å². The van der Waals surface area contributed by atoms with Gasteiger partial charge >= 0.3 is 6.18 Å². The van der Waals surface area contributed by atoms with E-state index in [1.54, 1.807) is 10.9 Å². The summed E-state index contributed by atoms with van der Waals surface area (Å²) in [6, 6.07) is 4.93. The molecule has 0 atom stereocenters. The van der Waals surface area contributed by atoms with E-state index in [1.165, 1.54) is 12.1 Å². The van der Waals surface area contributed by atoms with Crippen LogP contribution in [0, 0.1) is 6.92 Å². The van der Waals surface area contributed by atoms with Crippen molar-refractivity contribution in [2.45, 2.75) is 19.5 Å². The Morgan fingerprint density at radius 2 is 1.90 bits per heavy atom. The van der Waals surface area contributed by atoms with Crippen molar-refractivity contribution in [2.75, 3.05) is 18.4 Å². The molecule has 0 spiro atoms. The minimum atomic E-state index is -4.33. The summed E-state index contributed by atoms with van der Waals surface area (Å²) in [5, 5.41) is 7.39. The van der Waals surface area contributed by atoms with Crippen LogP contribution in [0.1, 0.15) is 17.7 Å². The molecule has 2 rings (SSSR count). The lowest BCUT2D eigenvalue weighted by atomic mass is 10.2. The molecule has 114 valence electrons. The monoisotopic (exact) mass is 298 g/mol. The van der Waals surface area contributed by atoms with Gasteiger partial charge in [-0.05, 0) is 44.2 Å². The van der Waals surface area contributed by atoms with Gasteiger partial charge in [0.1, 0.15) is 0 Å². The summed E-state index contributed by atoms with van der Waals surface area (Å²) in [6.07, 6.45) is -1.83. The van der Waals surface area contributed by atoms with Gasteiger partial charge in [-0.1, -0.05) is 0 Å². The maximum atomic E-state index is 12.5. The van der Waals surface area contributed by atoms with E-state index in [4.69, 9.17) is 5.73 Å². The molecule has 0 fully saturated rings. The second-order valence-electron chi connectivity index (χ2n) is 4.67. The SMILES string of the molecule is Cc1c(NCCCN)cnn1-c1ccc(C(F)(F)F)cc1. The number of rotatable bonds is 5. The minimum absolute atomic E-state index is 0.590. The number of nitrogens with two attached hydrogens (primary N) is 1. The van der Waals surface area contributed by atoms with Crippen LogP contribution in [-0.2, 0) is 6.18 Å². The van der Waals surface area contributed by atoms with Crippen LogP contribution in [0.5, 0.6) is 0 Å². The Kier molecular flexibility index (Phi) is 4.52. The molecule has 1 aromatic carbocycles. The molecular weight excluding hydrogens is 281 g/mol. The molecule has 4 nitrogen and oxygen atoms in total. The van der Waals surface area contributed by atoms with Crippen molar-refractivity contribution in [1.29, 1.82) is 0 Å². The van der Waals surface area contributed by atoms with E-state index in [2.05, 4.69) is 10.4 Å². The van der Waals surface area contributed by atoms with Crippen LogP contribution < -0.4 is 11.1 Å². The Morgan fingerprint density at radius 3 is 2.48 bits per heavy atom. The third-order valence-corrected chi connectivity index (χ3v) is 3.15. The average molecular weight is 298 g/mol. The van der Waals surface area contributed by atoms with Crippen molar-refractivity contribution in [3.8, 4) is 5.69 Å². The molecule has 3 N–H and O–H groups in total. The van der Waals surface area contributed by atoms with Crippen molar-refractivity contribution >= 4 is 5.69 Å². The van der Waals surface area contributed by atoms with Gasteiger partial charge < -0.3 is 11.1 Å². The molecule has 0 bridgehead atoms. The summed E-state index contributed by atoms with van der Waals surface area (Å²) >= 11 is 0. The Balaban J connectivity index is 2.19. The topological polar surface area (TPSA) is 55.9 Å². The lowest BCUT2D eigenvalue weighted by Crippen LogP contribution is -2.09. The van der Waals surface area contributed by atoms with Crippen LogP contribution in [-0.4, -0.2) is 22.9 Å². The van der Waals surface area contributed by atoms with Gasteiger partial charge in [-0.25, -0.2) is 4.68 Å². The van der Waals surface area contributed by atoms with Crippen LogP contribution in [0.3, 0.4) is 0 Å². The van der Waals surface area contributed by atoms with Gasteiger partial charge in [0.25, 0.3) is 0 Å². The second-order valence-corrected chi connectivity index (χ2v) is 4.67. The molecule has 7 heteroatoms. The third kappa shape index (κ3) is 3.55. The predicted molar refractivity (Wildman–Crippen MR) is 75.5 cm³/mol. The van der Waals surface area contributed by atoms with Crippen LogP contribution in [0.25, 0.3) is 5.69 Å². The van der Waals surface area contributed by atoms with Crippen molar-refractivity contribution in [3.63, 3.8) is 0 Å². The quantitative estimate of drug-likeness (QED) is 0.834. The Bertz CT molecular complexity index is 587. The van der Waals surface area contributed by atoms with Gasteiger partial charge in [-0.3, -0.25) is 0 Å². The fourth-order valence-corrected chi connectivity index (χ4v) is 1.96. The summed E-state index contributed by atoms with van der Waals surface area (Å²) < 4.78 is 39.2. The molecule has 2 aromatic rings. The summed E-state index contributed by atoms with van der Waals surface area (Å²) in [4.78, 5) is 0. The average Bonchev–Trinajstić information content (AvgIpc) is 2.80. The first-order valence-electron chi connectivity index (χ1n) is 6.59. The molecule has 21 heavy (non-hydrogen) atoms. The van der Waals surface area contributed by atoms with Crippen LogP contribution in [0.15, 0.2) is 30.5 Å². The molecule has 0 radical (unpaired) electrons. The van der Waals surface area contributed by atoms with E-state index in [0.29, 0.717) is 12.2 Å². The number of nitrogens with zero attached hydrogens (tertiary/aromatic N) is 2. The second kappa shape index (κ2) is 6.17. The highest BCUT2D eigenvalue weighted by Crippen LogP contribution is 2.30. The van der Waals surface area contributed by atoms with Crippen molar-refractivity contribution in [2.24, 2.45) is 5.73 Å². The number of anilines is 1. The van der Waals surface area contributed by atoms with Gasteiger partial charge in [0, 0.05) is 6.54 Å². The smallest absolute Gasteiger partial charge is 0.382 e. The molecule has 1 aromatic heterocycles. The standard InChI is InChI=1S/C14H17F3N4/c1-10-13(19-8-2-7-18)9-20-21(10)12-5-3-11(4-6-12)14(15,16)17/h3-6,9,19H,2,7-8,18H2,1H3. The third-order valence-electron chi connectivity index (χ3n) is 3.15. The number of alkyl halides is 3. The summed E-state index contributed by atoms with van der Waals surface area (Å²) in [5.74, 6) is 0. The maximum absolute atomic E-state index is 12.5. The molecule has 0 amide bonds. The molecule has 0 unspecified atom stereocenters. The van der Waals surface area contributed by atoms with E-state index >= 15 is 0 Å². The Labute approximate surface area is 120 Å². The zero-order valence-corrected chi connectivity index (χ0v) is 11.6. The molecular formula is C14H17F3N4. The predicted octanol–water partition coefficient (Wildman–Crippen LogP) is 2.96. The van der Waals surface area contributed by atoms with Gasteiger partial charge in [0.15, 0.2) is 0 Å². The van der Waals surface area contributed by atoms with Gasteiger partial charge in [-0.15, -0.1) is 0 Å². The zero-order valence-electron chi connectivity index (χ0n) is 11.6. The lowest BCUT2D eigenvalue weighted by Gasteiger charge is -2.09. The van der Waals surface area contributed by atoms with Gasteiger partial charge in [0.05, 0.1) is 28.8 Å². The van der Waals surface area contributed by atoms with E-state index in [-0.39, 0.29) is 0 Å². The molecule has 0 aliphatic heterocycles. The maximum Gasteiger partial charge on any atom is 0.416 e. The first kappa shape index (κ1) is 15.4. The zero-order chi connectivity index (χ0) is 15.5. The number of halogens is 3. The first-order chi connectivity index (χ1) is 9.93. The van der Waals surface area contributed by atoms with Crippen molar-refractivity contribution in [3.05, 3.63) is 41.7 Å². The summed E-state index contributed by atoms with van der Waals surface area (Å²) in [5.41, 5.74) is 7.03. The van der Waals surface area contributed by atoms with E-state index < -0.39 is 11.7 Å². The van der Waals surface area contributed by atoms with Crippen LogP contribution >= 0.6 is 0 Å². The van der Waals surface area contributed by atoms with Crippen molar-refractivity contribution < 1.29 is 13.2 Å². The molecule has 0 aliphatic rings. The van der Waals surface area contributed by atoms with Gasteiger partial charge in [-0.2, -0.15) is 18.3 Å². The molecule has 0 saturated heterocycles. The summed E-state index contributed by atoms with van der Waals surface area (Å²) in [7, 11) is 0. The molecule has 0 aliphatic carbocycles. The first-order valence-corrected chi connectivity index (χ1v) is 6.59. The lowest BCUT2D eigenvalue weighted by molar-refractivity contribution is -0.137. The molecule has 0 saturated carbocycles. The van der Waals surface area contributed by atoms with E-state index in [0.717, 1.165) is 36.5 Å². The van der Waals surface area contributed by atoms with Crippen LogP contribution in [0.2, 0.25) is 0 Å². The number of hydrogen-bond donors (Lipinski definition) is 2. The Morgan fingerprint density at radius 1 is 1.24 bits per heavy atom. The highest BCUT2D eigenvalue weighted by Gasteiger charge is 2.30. The fourth-order valence-electron chi connectivity index (χ4n) is 1.96. The largest absolute Gasteiger partial charge is 0.416 e. The van der Waals surface area contributed by atoms with E-state index in [1.807, 2.05) is 6.92 Å². The number of aromatic nitrogens is 2. The highest BCUT2D eigenvalue weighted by atomic mass is 19.4. The minimum Gasteiger partial charge on any atom is -0.382 e. The number of nitrogens with one attached hydrogen (secondary N) is 1. The fraction of sp³-hybridized carbons (Fsp3) is 0.357.